The Balaban J connectivity index is 1.33. The second-order valence-corrected chi connectivity index (χ2v) is 10.9. The predicted octanol–water partition coefficient (Wildman–Crippen LogP) is 5.44. The van der Waals surface area contributed by atoms with Gasteiger partial charge in [0.15, 0.2) is 34.7 Å². The highest BCUT2D eigenvalue weighted by Gasteiger charge is 2.33. The molecule has 0 radical (unpaired) electrons. The molecule has 12 nitrogen and oxygen atoms in total. The van der Waals surface area contributed by atoms with E-state index in [1.165, 1.54) is 37.5 Å². The van der Waals surface area contributed by atoms with E-state index >= 15 is 0 Å². The van der Waals surface area contributed by atoms with Gasteiger partial charge in [0.1, 0.15) is 5.75 Å². The number of methoxy groups -OCH3 is 4. The molecular weight excluding hydrogens is 600 g/mol. The summed E-state index contributed by atoms with van der Waals surface area (Å²) in [6.07, 6.45) is 0.410. The van der Waals surface area contributed by atoms with Crippen LogP contribution in [0, 0.1) is 0 Å². The van der Waals surface area contributed by atoms with Crippen molar-refractivity contribution in [3.8, 4) is 34.5 Å². The first-order chi connectivity index (χ1) is 21.8. The van der Waals surface area contributed by atoms with Crippen molar-refractivity contribution in [1.82, 2.24) is 9.99 Å². The molecule has 0 saturated heterocycles. The number of thiazole rings is 1. The SMILES string of the molecule is CCOc1ccc2sc(NC(=O)COc3cc(C4CC(c5cc(OC)c(OC)c(OC)c5)=NN4C(C)=O)ccc3OC)nc2c1. The fraction of sp³-hybridized carbons (Fsp3) is 0.312. The Morgan fingerprint density at radius 1 is 0.911 bits per heavy atom. The highest BCUT2D eigenvalue weighted by Crippen LogP contribution is 2.42. The van der Waals surface area contributed by atoms with Crippen LogP contribution in [0.2, 0.25) is 0 Å². The summed E-state index contributed by atoms with van der Waals surface area (Å²) in [5.74, 6) is 2.31. The van der Waals surface area contributed by atoms with Crippen LogP contribution in [-0.4, -0.2) is 69.2 Å². The molecule has 0 aliphatic carbocycles. The van der Waals surface area contributed by atoms with Gasteiger partial charge in [-0.2, -0.15) is 5.10 Å². The number of rotatable bonds is 12. The van der Waals surface area contributed by atoms with Crippen LogP contribution in [0.5, 0.6) is 34.5 Å². The van der Waals surface area contributed by atoms with Crippen LogP contribution in [-0.2, 0) is 9.59 Å². The molecule has 1 aliphatic heterocycles. The van der Waals surface area contributed by atoms with Crippen LogP contribution < -0.4 is 33.7 Å². The summed E-state index contributed by atoms with van der Waals surface area (Å²) < 4.78 is 34.3. The van der Waals surface area contributed by atoms with Crippen LogP contribution in [0.4, 0.5) is 5.13 Å². The van der Waals surface area contributed by atoms with E-state index in [1.54, 1.807) is 38.5 Å². The molecule has 0 fully saturated rings. The lowest BCUT2D eigenvalue weighted by Gasteiger charge is -2.21. The van der Waals surface area contributed by atoms with Crippen molar-refractivity contribution in [2.45, 2.75) is 26.3 Å². The molecule has 236 valence electrons. The van der Waals surface area contributed by atoms with E-state index in [-0.39, 0.29) is 18.4 Å². The molecule has 1 aliphatic rings. The lowest BCUT2D eigenvalue weighted by Crippen LogP contribution is -2.24. The third kappa shape index (κ3) is 6.73. The molecule has 13 heteroatoms. The van der Waals surface area contributed by atoms with Gasteiger partial charge in [0.25, 0.3) is 5.91 Å². The quantitative estimate of drug-likeness (QED) is 0.216. The third-order valence-corrected chi connectivity index (χ3v) is 8.03. The molecule has 2 amide bonds. The Morgan fingerprint density at radius 2 is 1.64 bits per heavy atom. The summed E-state index contributed by atoms with van der Waals surface area (Å²) in [5.41, 5.74) is 2.88. The lowest BCUT2D eigenvalue weighted by molar-refractivity contribution is -0.130. The minimum absolute atomic E-state index is 0.232. The molecule has 1 N–H and O–H groups in total. The molecule has 3 aromatic carbocycles. The van der Waals surface area contributed by atoms with Gasteiger partial charge in [0, 0.05) is 25.0 Å². The van der Waals surface area contributed by atoms with Crippen molar-refractivity contribution < 1.29 is 38.0 Å². The molecule has 0 spiro atoms. The number of amides is 2. The Labute approximate surface area is 264 Å². The molecule has 45 heavy (non-hydrogen) atoms. The molecule has 1 unspecified atom stereocenters. The summed E-state index contributed by atoms with van der Waals surface area (Å²) in [7, 11) is 6.13. The summed E-state index contributed by atoms with van der Waals surface area (Å²) in [4.78, 5) is 30.0. The van der Waals surface area contributed by atoms with Crippen LogP contribution in [0.15, 0.2) is 53.6 Å². The lowest BCUT2D eigenvalue weighted by atomic mass is 9.97. The maximum atomic E-state index is 12.8. The zero-order chi connectivity index (χ0) is 32.1. The Hall–Kier alpha value is -5.04. The molecule has 0 saturated carbocycles. The Bertz CT molecular complexity index is 1730. The van der Waals surface area contributed by atoms with Crippen molar-refractivity contribution in [1.29, 1.82) is 0 Å². The van der Waals surface area contributed by atoms with Gasteiger partial charge in [0.2, 0.25) is 11.7 Å². The average Bonchev–Trinajstić information content (AvgIpc) is 3.67. The molecule has 4 aromatic rings. The van der Waals surface area contributed by atoms with Crippen LogP contribution in [0.1, 0.15) is 37.4 Å². The van der Waals surface area contributed by atoms with Crippen molar-refractivity contribution in [3.63, 3.8) is 0 Å². The van der Waals surface area contributed by atoms with E-state index in [0.29, 0.717) is 52.6 Å². The van der Waals surface area contributed by atoms with Gasteiger partial charge in [-0.15, -0.1) is 0 Å². The topological polar surface area (TPSA) is 130 Å². The number of nitrogens with zero attached hydrogens (tertiary/aromatic N) is 3. The Kier molecular flexibility index (Phi) is 9.57. The summed E-state index contributed by atoms with van der Waals surface area (Å²) in [6, 6.07) is 14.1. The van der Waals surface area contributed by atoms with Gasteiger partial charge in [-0.25, -0.2) is 9.99 Å². The van der Waals surface area contributed by atoms with Gasteiger partial charge in [0.05, 0.1) is 57.0 Å². The molecule has 2 heterocycles. The minimum Gasteiger partial charge on any atom is -0.494 e. The maximum Gasteiger partial charge on any atom is 0.264 e. The van der Waals surface area contributed by atoms with Gasteiger partial charge in [-0.3, -0.25) is 14.9 Å². The highest BCUT2D eigenvalue weighted by molar-refractivity contribution is 7.22. The summed E-state index contributed by atoms with van der Waals surface area (Å²) >= 11 is 1.36. The number of nitrogens with one attached hydrogen (secondary N) is 1. The standard InChI is InChI=1S/C32H34N4O8S/c1-7-43-21-9-11-29-23(15-21)33-32(45-29)34-30(38)17-44-26-12-19(8-10-25(26)39-3)24-16-22(35-36(24)18(2)37)20-13-27(40-4)31(42-6)28(14-20)41-5/h8-15,24H,7,16-17H2,1-6H3,(H,33,34,38). The summed E-state index contributed by atoms with van der Waals surface area (Å²) in [5, 5.41) is 9.32. The normalized spacial score (nSPS) is 14.1. The van der Waals surface area contributed by atoms with E-state index in [1.807, 2.05) is 31.2 Å². The first-order valence-electron chi connectivity index (χ1n) is 14.1. The number of hydrogen-bond donors (Lipinski definition) is 1. The van der Waals surface area contributed by atoms with E-state index in [2.05, 4.69) is 15.4 Å². The second kappa shape index (κ2) is 13.7. The van der Waals surface area contributed by atoms with E-state index in [0.717, 1.165) is 27.1 Å². The molecule has 1 atom stereocenters. The van der Waals surface area contributed by atoms with Gasteiger partial charge < -0.3 is 28.4 Å². The number of hydrogen-bond acceptors (Lipinski definition) is 11. The monoisotopic (exact) mass is 634 g/mol. The van der Waals surface area contributed by atoms with E-state index in [4.69, 9.17) is 28.4 Å². The first kappa shape index (κ1) is 31.4. The number of anilines is 1. The third-order valence-electron chi connectivity index (χ3n) is 7.08. The maximum absolute atomic E-state index is 12.8. The minimum atomic E-state index is -0.428. The number of ether oxygens (including phenoxy) is 6. The number of hydrazone groups is 1. The van der Waals surface area contributed by atoms with Gasteiger partial charge in [-0.05, 0) is 48.9 Å². The smallest absolute Gasteiger partial charge is 0.264 e. The van der Waals surface area contributed by atoms with Crippen LogP contribution >= 0.6 is 11.3 Å². The van der Waals surface area contributed by atoms with E-state index in [9.17, 15) is 9.59 Å². The molecule has 0 bridgehead atoms. The number of carbonyl (C=O) groups is 2. The number of fused-ring (bicyclic) bond motifs is 1. The summed E-state index contributed by atoms with van der Waals surface area (Å²) in [6.45, 7) is 3.64. The largest absolute Gasteiger partial charge is 0.494 e. The van der Waals surface area contributed by atoms with Gasteiger partial charge in [-0.1, -0.05) is 17.4 Å². The van der Waals surface area contributed by atoms with Crippen molar-refractivity contribution in [3.05, 3.63) is 59.7 Å². The zero-order valence-electron chi connectivity index (χ0n) is 25.8. The fourth-order valence-electron chi connectivity index (χ4n) is 5.01. The first-order valence-corrected chi connectivity index (χ1v) is 14.9. The van der Waals surface area contributed by atoms with Gasteiger partial charge >= 0.3 is 0 Å². The number of benzene rings is 3. The van der Waals surface area contributed by atoms with E-state index < -0.39 is 6.04 Å². The molecular formula is C32H34N4O8S. The fourth-order valence-corrected chi connectivity index (χ4v) is 5.87. The van der Waals surface area contributed by atoms with Crippen molar-refractivity contribution in [2.75, 3.05) is 47.0 Å². The molecule has 5 rings (SSSR count). The molecule has 1 aromatic heterocycles. The van der Waals surface area contributed by atoms with Crippen LogP contribution in [0.25, 0.3) is 10.2 Å². The predicted molar refractivity (Wildman–Crippen MR) is 170 cm³/mol. The zero-order valence-corrected chi connectivity index (χ0v) is 26.6. The van der Waals surface area contributed by atoms with Crippen LogP contribution in [0.3, 0.4) is 0 Å². The van der Waals surface area contributed by atoms with Crippen molar-refractivity contribution in [2.24, 2.45) is 5.10 Å². The average molecular weight is 635 g/mol. The van der Waals surface area contributed by atoms with Crippen molar-refractivity contribution >= 4 is 44.2 Å². The second-order valence-electron chi connectivity index (χ2n) is 9.87. The number of aromatic nitrogens is 1. The number of carbonyl (C=O) groups excluding carboxylic acids is 2. The Morgan fingerprint density at radius 3 is 2.29 bits per heavy atom. The highest BCUT2D eigenvalue weighted by atomic mass is 32.1.